The third-order valence-electron chi connectivity index (χ3n) is 1.53. The zero-order chi connectivity index (χ0) is 9.07. The van der Waals surface area contributed by atoms with Crippen LogP contribution in [0.1, 0.15) is 26.7 Å². The smallest absolute Gasteiger partial charge is 0.317 e. The number of nitrogens with zero attached hydrogens (tertiary/aromatic N) is 1. The minimum Gasteiger partial charge on any atom is -0.384 e. The van der Waals surface area contributed by atoms with Gasteiger partial charge in [0.25, 0.3) is 0 Å². The SMILES string of the molecule is CCCC(O)C(C)(Cl)[N+](=O)[O-]. The molecule has 0 aliphatic rings. The molecule has 0 heterocycles. The minimum absolute atomic E-state index is 0.348. The van der Waals surface area contributed by atoms with Crippen molar-refractivity contribution in [3.05, 3.63) is 10.1 Å². The Balaban J connectivity index is 4.17. The molecule has 0 spiro atoms. The lowest BCUT2D eigenvalue weighted by Crippen LogP contribution is -2.41. The maximum Gasteiger partial charge on any atom is 0.317 e. The first-order chi connectivity index (χ1) is 4.92. The molecule has 0 saturated carbocycles. The minimum atomic E-state index is -1.74. The van der Waals surface area contributed by atoms with Gasteiger partial charge < -0.3 is 5.11 Å². The molecule has 4 nitrogen and oxygen atoms in total. The van der Waals surface area contributed by atoms with Gasteiger partial charge in [-0.05, 0) is 18.0 Å². The van der Waals surface area contributed by atoms with Crippen LogP contribution in [0.3, 0.4) is 0 Å². The summed E-state index contributed by atoms with van der Waals surface area (Å²) in [5.74, 6) is 0. The molecule has 2 unspecified atom stereocenters. The zero-order valence-corrected chi connectivity index (χ0v) is 7.34. The highest BCUT2D eigenvalue weighted by Crippen LogP contribution is 2.22. The van der Waals surface area contributed by atoms with Crippen LogP contribution in [-0.2, 0) is 0 Å². The van der Waals surface area contributed by atoms with Crippen molar-refractivity contribution in [2.24, 2.45) is 0 Å². The third-order valence-corrected chi connectivity index (χ3v) is 1.92. The van der Waals surface area contributed by atoms with Crippen molar-refractivity contribution in [2.45, 2.75) is 37.8 Å². The van der Waals surface area contributed by atoms with Crippen LogP contribution in [0, 0.1) is 10.1 Å². The highest BCUT2D eigenvalue weighted by atomic mass is 35.5. The molecule has 0 aliphatic heterocycles. The molecule has 0 radical (unpaired) electrons. The highest BCUT2D eigenvalue weighted by Gasteiger charge is 2.42. The van der Waals surface area contributed by atoms with Gasteiger partial charge in [0.2, 0.25) is 0 Å². The third kappa shape index (κ3) is 2.63. The number of nitro groups is 1. The van der Waals surface area contributed by atoms with E-state index in [0.717, 1.165) is 0 Å². The lowest BCUT2D eigenvalue weighted by molar-refractivity contribution is -0.549. The predicted molar refractivity (Wildman–Crippen MR) is 42.2 cm³/mol. The van der Waals surface area contributed by atoms with Crippen LogP contribution in [0.5, 0.6) is 0 Å². The summed E-state index contributed by atoms with van der Waals surface area (Å²) in [6, 6.07) is 0. The van der Waals surface area contributed by atoms with Crippen LogP contribution in [-0.4, -0.2) is 21.1 Å². The first-order valence-electron chi connectivity index (χ1n) is 3.44. The van der Waals surface area contributed by atoms with E-state index in [4.69, 9.17) is 11.6 Å². The lowest BCUT2D eigenvalue weighted by atomic mass is 10.1. The summed E-state index contributed by atoms with van der Waals surface area (Å²) < 4.78 is 0. The lowest BCUT2D eigenvalue weighted by Gasteiger charge is -2.18. The second-order valence-electron chi connectivity index (χ2n) is 2.59. The van der Waals surface area contributed by atoms with Crippen molar-refractivity contribution >= 4 is 11.6 Å². The number of alkyl halides is 1. The molecule has 0 aromatic carbocycles. The monoisotopic (exact) mass is 181 g/mol. The topological polar surface area (TPSA) is 63.4 Å². The van der Waals surface area contributed by atoms with E-state index in [-0.39, 0.29) is 0 Å². The molecule has 0 amide bonds. The van der Waals surface area contributed by atoms with Crippen LogP contribution in [0.25, 0.3) is 0 Å². The van der Waals surface area contributed by atoms with Gasteiger partial charge in [0.1, 0.15) is 6.10 Å². The summed E-state index contributed by atoms with van der Waals surface area (Å²) in [6.45, 7) is 3.03. The summed E-state index contributed by atoms with van der Waals surface area (Å²) in [5, 5.41) is 19.4. The molecule has 0 saturated heterocycles. The van der Waals surface area contributed by atoms with Crippen LogP contribution in [0.2, 0.25) is 0 Å². The van der Waals surface area contributed by atoms with Gasteiger partial charge >= 0.3 is 5.00 Å². The molecule has 11 heavy (non-hydrogen) atoms. The molecule has 0 fully saturated rings. The standard InChI is InChI=1S/C6H12ClNO3/c1-3-4-5(9)6(2,7)8(10)11/h5,9H,3-4H2,1-2H3. The average molecular weight is 182 g/mol. The van der Waals surface area contributed by atoms with Crippen LogP contribution in [0.4, 0.5) is 0 Å². The molecule has 0 rings (SSSR count). The average Bonchev–Trinajstić information content (AvgIpc) is 1.88. The summed E-state index contributed by atoms with van der Waals surface area (Å²) in [6.07, 6.45) is -0.0534. The molecule has 5 heteroatoms. The number of aliphatic hydroxyl groups excluding tert-OH is 1. The fourth-order valence-corrected chi connectivity index (χ4v) is 0.768. The Morgan fingerprint density at radius 3 is 2.55 bits per heavy atom. The highest BCUT2D eigenvalue weighted by molar-refractivity contribution is 6.22. The molecule has 0 aromatic rings. The number of hydrogen-bond acceptors (Lipinski definition) is 3. The quantitative estimate of drug-likeness (QED) is 0.309. The molecular formula is C6H12ClNO3. The summed E-state index contributed by atoms with van der Waals surface area (Å²) in [7, 11) is 0. The number of rotatable bonds is 4. The van der Waals surface area contributed by atoms with Gasteiger partial charge in [-0.2, -0.15) is 0 Å². The fraction of sp³-hybridized carbons (Fsp3) is 1.00. The van der Waals surface area contributed by atoms with E-state index >= 15 is 0 Å². The molecule has 0 bridgehead atoms. The van der Waals surface area contributed by atoms with E-state index in [9.17, 15) is 15.2 Å². The van der Waals surface area contributed by atoms with Crippen molar-refractivity contribution in [3.63, 3.8) is 0 Å². The molecule has 0 aliphatic carbocycles. The second kappa shape index (κ2) is 3.88. The van der Waals surface area contributed by atoms with E-state index in [1.165, 1.54) is 6.92 Å². The Kier molecular flexibility index (Phi) is 3.75. The molecule has 1 N–H and O–H groups in total. The first-order valence-corrected chi connectivity index (χ1v) is 3.82. The summed E-state index contributed by atoms with van der Waals surface area (Å²) in [4.78, 5) is 7.84. The van der Waals surface area contributed by atoms with Gasteiger partial charge in [0, 0.05) is 11.8 Å². The van der Waals surface area contributed by atoms with Crippen LogP contribution in [0.15, 0.2) is 0 Å². The van der Waals surface area contributed by atoms with Crippen LogP contribution >= 0.6 is 11.6 Å². The summed E-state index contributed by atoms with van der Waals surface area (Å²) in [5.41, 5.74) is 0. The Bertz CT molecular complexity index is 149. The van der Waals surface area contributed by atoms with Crippen molar-refractivity contribution in [3.8, 4) is 0 Å². The van der Waals surface area contributed by atoms with E-state index < -0.39 is 16.0 Å². The Hall–Kier alpha value is -0.350. The molecule has 2 atom stereocenters. The van der Waals surface area contributed by atoms with E-state index in [1.807, 2.05) is 6.92 Å². The Labute approximate surface area is 70.3 Å². The normalized spacial score (nSPS) is 18.9. The zero-order valence-electron chi connectivity index (χ0n) is 6.58. The van der Waals surface area contributed by atoms with Crippen LogP contribution < -0.4 is 0 Å². The first kappa shape index (κ1) is 10.7. The van der Waals surface area contributed by atoms with Crippen molar-refractivity contribution < 1.29 is 10.0 Å². The van der Waals surface area contributed by atoms with Crippen molar-refractivity contribution in [1.29, 1.82) is 0 Å². The van der Waals surface area contributed by atoms with E-state index in [2.05, 4.69) is 0 Å². The van der Waals surface area contributed by atoms with E-state index in [0.29, 0.717) is 12.8 Å². The molecule has 0 aromatic heterocycles. The largest absolute Gasteiger partial charge is 0.384 e. The Morgan fingerprint density at radius 2 is 2.27 bits per heavy atom. The molecule has 66 valence electrons. The van der Waals surface area contributed by atoms with E-state index in [1.54, 1.807) is 0 Å². The van der Waals surface area contributed by atoms with Gasteiger partial charge in [-0.3, -0.25) is 10.1 Å². The maximum absolute atomic E-state index is 10.3. The van der Waals surface area contributed by atoms with Crippen molar-refractivity contribution in [1.82, 2.24) is 0 Å². The fourth-order valence-electron chi connectivity index (χ4n) is 0.659. The van der Waals surface area contributed by atoms with Gasteiger partial charge in [-0.15, -0.1) is 0 Å². The number of halogens is 1. The van der Waals surface area contributed by atoms with Crippen molar-refractivity contribution in [2.75, 3.05) is 0 Å². The molecular weight excluding hydrogens is 170 g/mol. The number of aliphatic hydroxyl groups is 1. The van der Waals surface area contributed by atoms with Gasteiger partial charge in [-0.1, -0.05) is 13.3 Å². The second-order valence-corrected chi connectivity index (χ2v) is 3.35. The predicted octanol–water partition coefficient (Wildman–Crippen LogP) is 1.38. The van der Waals surface area contributed by atoms with Gasteiger partial charge in [0.15, 0.2) is 0 Å². The maximum atomic E-state index is 10.3. The van der Waals surface area contributed by atoms with Gasteiger partial charge in [0.05, 0.1) is 0 Å². The van der Waals surface area contributed by atoms with Gasteiger partial charge in [-0.25, -0.2) is 0 Å². The summed E-state index contributed by atoms with van der Waals surface area (Å²) >= 11 is 5.45. The number of hydrogen-bond donors (Lipinski definition) is 1. The Morgan fingerprint density at radius 1 is 1.82 bits per heavy atom.